The van der Waals surface area contributed by atoms with Gasteiger partial charge in [-0.1, -0.05) is 18.3 Å². The summed E-state index contributed by atoms with van der Waals surface area (Å²) in [6, 6.07) is 5.64. The lowest BCUT2D eigenvalue weighted by Gasteiger charge is -1.76. The monoisotopic (exact) mass is 211 g/mol. The van der Waals surface area contributed by atoms with E-state index in [9.17, 15) is 0 Å². The Balaban J connectivity index is -0.0000000327. The third-order valence-corrected chi connectivity index (χ3v) is 0.934. The van der Waals surface area contributed by atoms with Crippen LogP contribution in [0, 0.1) is 4.64 Å². The summed E-state index contributed by atoms with van der Waals surface area (Å²) in [7, 11) is 0. The van der Waals surface area contributed by atoms with Gasteiger partial charge in [0.1, 0.15) is 4.64 Å². The molecule has 0 aliphatic carbocycles. The van der Waals surface area contributed by atoms with Crippen LogP contribution in [0.3, 0.4) is 0 Å². The molecule has 1 aromatic heterocycles. The maximum atomic E-state index is 4.76. The first-order chi connectivity index (χ1) is 3.39. The molecule has 0 aliphatic rings. The van der Waals surface area contributed by atoms with E-state index in [4.69, 9.17) is 12.2 Å². The number of rotatable bonds is 0. The largest absolute Gasteiger partial charge is 0.353 e. The first-order valence-electron chi connectivity index (χ1n) is 2.03. The van der Waals surface area contributed by atoms with Crippen LogP contribution in [0.5, 0.6) is 0 Å². The molecule has 7 heteroatoms. The van der Waals surface area contributed by atoms with Crippen molar-refractivity contribution in [3.8, 4) is 0 Å². The van der Waals surface area contributed by atoms with Gasteiger partial charge in [0, 0.05) is 6.20 Å². The van der Waals surface area contributed by atoms with E-state index >= 15 is 0 Å². The van der Waals surface area contributed by atoms with Crippen LogP contribution >= 0.6 is 12.2 Å². The predicted octanol–water partition coefficient (Wildman–Crippen LogP) is 2.51. The van der Waals surface area contributed by atoms with Crippen LogP contribution in [0.1, 0.15) is 0 Å². The molecule has 1 rings (SSSR count). The molecule has 0 aliphatic heterocycles. The smallest absolute Gasteiger partial charge is 0.103 e. The van der Waals surface area contributed by atoms with Crippen LogP contribution in [-0.2, 0) is 0 Å². The van der Waals surface area contributed by atoms with E-state index in [1.807, 2.05) is 24.4 Å². The Hall–Kier alpha value is -0.980. The molecule has 12 heavy (non-hydrogen) atoms. The molecule has 0 atom stereocenters. The van der Waals surface area contributed by atoms with Crippen molar-refractivity contribution in [3.63, 3.8) is 0 Å². The summed E-state index contributed by atoms with van der Waals surface area (Å²) >= 11 is 4.76. The van der Waals surface area contributed by atoms with Gasteiger partial charge in [-0.25, -0.2) is 0 Å². The molecular formula is C5H10F5NS. The molecule has 1 N–H and O–H groups in total. The van der Waals surface area contributed by atoms with Gasteiger partial charge >= 0.3 is 0 Å². The standard InChI is InChI=1S/C5H5NS.5FH/c7-5-3-1-2-4-6-5;;;;;/h1-4H,(H,6,7);5*1H. The molecule has 0 fully saturated rings. The van der Waals surface area contributed by atoms with Gasteiger partial charge in [-0.05, 0) is 12.1 Å². The fourth-order valence-corrected chi connectivity index (χ4v) is 0.523. The zero-order valence-corrected chi connectivity index (χ0v) is 6.58. The molecule has 0 amide bonds. The summed E-state index contributed by atoms with van der Waals surface area (Å²) < 4.78 is 0.780. The number of aromatic amines is 1. The Bertz CT molecular complexity index is 186. The maximum absolute atomic E-state index is 4.76. The van der Waals surface area contributed by atoms with Gasteiger partial charge in [0.05, 0.1) is 0 Å². The number of halogens is 5. The lowest BCUT2D eigenvalue weighted by atomic mass is 10.5. The van der Waals surface area contributed by atoms with E-state index in [1.54, 1.807) is 0 Å². The summed E-state index contributed by atoms with van der Waals surface area (Å²) in [6.07, 6.45) is 1.81. The number of hydrogen-bond donors (Lipinski definition) is 1. The lowest BCUT2D eigenvalue weighted by Crippen LogP contribution is -1.64. The van der Waals surface area contributed by atoms with Crippen molar-refractivity contribution in [2.24, 2.45) is 0 Å². The minimum Gasteiger partial charge on any atom is -0.353 e. The summed E-state index contributed by atoms with van der Waals surface area (Å²) in [5.41, 5.74) is 0. The quantitative estimate of drug-likeness (QED) is 0.515. The van der Waals surface area contributed by atoms with Crippen LogP contribution in [0.25, 0.3) is 0 Å². The minimum absolute atomic E-state index is 0. The van der Waals surface area contributed by atoms with Crippen molar-refractivity contribution < 1.29 is 23.5 Å². The van der Waals surface area contributed by atoms with Gasteiger partial charge in [0.25, 0.3) is 0 Å². The fraction of sp³-hybridized carbons (Fsp3) is 0. The molecule has 1 nitrogen and oxygen atoms in total. The van der Waals surface area contributed by atoms with Gasteiger partial charge in [-0.3, -0.25) is 23.5 Å². The van der Waals surface area contributed by atoms with Gasteiger partial charge in [-0.2, -0.15) is 0 Å². The Morgan fingerprint density at radius 1 is 0.917 bits per heavy atom. The number of pyridine rings is 1. The van der Waals surface area contributed by atoms with Crippen LogP contribution in [-0.4, -0.2) is 4.98 Å². The molecule has 0 aromatic carbocycles. The zero-order valence-electron chi connectivity index (χ0n) is 5.76. The highest BCUT2D eigenvalue weighted by Gasteiger charge is 1.65. The van der Waals surface area contributed by atoms with Gasteiger partial charge in [0.2, 0.25) is 0 Å². The second kappa shape index (κ2) is 16.5. The highest BCUT2D eigenvalue weighted by atomic mass is 32.1. The minimum atomic E-state index is 0. The Morgan fingerprint density at radius 2 is 1.42 bits per heavy atom. The van der Waals surface area contributed by atoms with Gasteiger partial charge in [-0.15, -0.1) is 0 Å². The molecule has 0 saturated carbocycles. The first kappa shape index (κ1) is 30.5. The molecule has 0 spiro atoms. The normalized spacial score (nSPS) is 5.00. The number of nitrogens with one attached hydrogen (secondary N) is 1. The van der Waals surface area contributed by atoms with Gasteiger partial charge < -0.3 is 4.98 Å². The summed E-state index contributed by atoms with van der Waals surface area (Å²) in [5.74, 6) is 0. The van der Waals surface area contributed by atoms with Crippen LogP contribution in [0.2, 0.25) is 0 Å². The highest BCUT2D eigenvalue weighted by molar-refractivity contribution is 7.71. The number of hydrogen-bond acceptors (Lipinski definition) is 1. The van der Waals surface area contributed by atoms with Crippen molar-refractivity contribution in [3.05, 3.63) is 29.0 Å². The van der Waals surface area contributed by atoms with Crippen LogP contribution in [0.4, 0.5) is 23.5 Å². The SMILES string of the molecule is F.F.F.F.F.S=c1cccc[nH]1. The Labute approximate surface area is 70.7 Å². The molecule has 0 bridgehead atoms. The molecule has 1 aromatic rings. The first-order valence-corrected chi connectivity index (χ1v) is 2.44. The van der Waals surface area contributed by atoms with Crippen molar-refractivity contribution >= 4 is 12.2 Å². The molecular weight excluding hydrogens is 201 g/mol. The summed E-state index contributed by atoms with van der Waals surface area (Å²) in [4.78, 5) is 2.85. The van der Waals surface area contributed by atoms with Gasteiger partial charge in [0.15, 0.2) is 0 Å². The molecule has 0 radical (unpaired) electrons. The number of H-pyrrole nitrogens is 1. The van der Waals surface area contributed by atoms with E-state index in [0.717, 1.165) is 4.64 Å². The predicted molar refractivity (Wildman–Crippen MR) is 44.1 cm³/mol. The van der Waals surface area contributed by atoms with E-state index in [-0.39, 0.29) is 23.5 Å². The Kier molecular flexibility index (Phi) is 42.1. The van der Waals surface area contributed by atoms with Crippen LogP contribution < -0.4 is 0 Å². The zero-order chi connectivity index (χ0) is 5.11. The van der Waals surface area contributed by atoms with E-state index < -0.39 is 0 Å². The highest BCUT2D eigenvalue weighted by Crippen LogP contribution is 1.80. The lowest BCUT2D eigenvalue weighted by molar-refractivity contribution is 1.11. The fourth-order valence-electron chi connectivity index (χ4n) is 0.377. The third-order valence-electron chi connectivity index (χ3n) is 0.681. The molecule has 76 valence electrons. The summed E-state index contributed by atoms with van der Waals surface area (Å²) in [6.45, 7) is 0. The average Bonchev–Trinajstić information content (AvgIpc) is 1.69. The third kappa shape index (κ3) is 11.8. The topological polar surface area (TPSA) is 15.8 Å². The maximum Gasteiger partial charge on any atom is 0.103 e. The second-order valence-electron chi connectivity index (χ2n) is 1.23. The van der Waals surface area contributed by atoms with Crippen molar-refractivity contribution in [2.45, 2.75) is 0 Å². The van der Waals surface area contributed by atoms with Crippen molar-refractivity contribution in [2.75, 3.05) is 0 Å². The molecule has 1 heterocycles. The second-order valence-corrected chi connectivity index (χ2v) is 1.67. The molecule has 0 saturated heterocycles. The van der Waals surface area contributed by atoms with E-state index in [1.165, 1.54) is 0 Å². The Morgan fingerprint density at radius 3 is 1.58 bits per heavy atom. The van der Waals surface area contributed by atoms with Crippen molar-refractivity contribution in [1.29, 1.82) is 0 Å². The van der Waals surface area contributed by atoms with E-state index in [0.29, 0.717) is 0 Å². The van der Waals surface area contributed by atoms with Crippen LogP contribution in [0.15, 0.2) is 24.4 Å². The summed E-state index contributed by atoms with van der Waals surface area (Å²) in [5, 5.41) is 0. The average molecular weight is 211 g/mol. The van der Waals surface area contributed by atoms with E-state index in [2.05, 4.69) is 4.98 Å². The van der Waals surface area contributed by atoms with Crippen molar-refractivity contribution in [1.82, 2.24) is 4.98 Å². The molecule has 0 unspecified atom stereocenters. The number of aromatic nitrogens is 1.